The van der Waals surface area contributed by atoms with Gasteiger partial charge in [0.2, 0.25) is 5.91 Å². The van der Waals surface area contributed by atoms with Crippen molar-refractivity contribution in [2.45, 2.75) is 63.8 Å². The molecule has 0 bridgehead atoms. The molecule has 3 rings (SSSR count). The minimum Gasteiger partial charge on any atom is -0.353 e. The highest BCUT2D eigenvalue weighted by Crippen LogP contribution is 2.35. The molecule has 2 nitrogen and oxygen atoms in total. The number of carbonyl (C=O) groups excluding carboxylic acids is 1. The largest absolute Gasteiger partial charge is 0.353 e. The van der Waals surface area contributed by atoms with Crippen LogP contribution in [-0.4, -0.2) is 11.9 Å². The lowest BCUT2D eigenvalue weighted by Gasteiger charge is -2.28. The van der Waals surface area contributed by atoms with Crippen LogP contribution < -0.4 is 5.32 Å². The van der Waals surface area contributed by atoms with Crippen LogP contribution in [0.15, 0.2) is 24.3 Å². The number of carbonyl (C=O) groups is 1. The van der Waals surface area contributed by atoms with Gasteiger partial charge in [0.05, 0.1) is 0 Å². The van der Waals surface area contributed by atoms with E-state index in [9.17, 15) is 4.79 Å². The molecule has 1 amide bonds. The summed E-state index contributed by atoms with van der Waals surface area (Å²) >= 11 is 0. The van der Waals surface area contributed by atoms with Crippen molar-refractivity contribution in [1.82, 2.24) is 5.32 Å². The van der Waals surface area contributed by atoms with Crippen molar-refractivity contribution in [3.8, 4) is 0 Å². The van der Waals surface area contributed by atoms with Crippen molar-refractivity contribution < 1.29 is 4.79 Å². The Bertz CT molecular complexity index is 482. The molecule has 1 fully saturated rings. The normalized spacial score (nSPS) is 28.9. The third kappa shape index (κ3) is 3.05. The first-order chi connectivity index (χ1) is 9.72. The molecule has 0 aromatic heterocycles. The van der Waals surface area contributed by atoms with E-state index in [4.69, 9.17) is 0 Å². The molecular weight excluding hydrogens is 246 g/mol. The van der Waals surface area contributed by atoms with E-state index in [1.165, 1.54) is 24.0 Å². The lowest BCUT2D eigenvalue weighted by molar-refractivity contribution is -0.122. The molecule has 2 heteroatoms. The maximum atomic E-state index is 12.3. The Morgan fingerprint density at radius 2 is 2.10 bits per heavy atom. The van der Waals surface area contributed by atoms with Crippen molar-refractivity contribution in [2.75, 3.05) is 0 Å². The van der Waals surface area contributed by atoms with Crippen LogP contribution in [0.5, 0.6) is 0 Å². The van der Waals surface area contributed by atoms with E-state index in [0.29, 0.717) is 18.4 Å². The SMILES string of the molecule is CC1CCCC(NC(=O)CC2CCc3ccccc32)C1. The fourth-order valence-corrected chi connectivity index (χ4v) is 3.93. The number of hydrogen-bond acceptors (Lipinski definition) is 1. The smallest absolute Gasteiger partial charge is 0.220 e. The molecule has 0 saturated heterocycles. The van der Waals surface area contributed by atoms with Gasteiger partial charge in [-0.1, -0.05) is 44.0 Å². The number of benzene rings is 1. The molecule has 1 aromatic rings. The second-order valence-electron chi connectivity index (χ2n) is 6.67. The summed E-state index contributed by atoms with van der Waals surface area (Å²) in [6.45, 7) is 2.30. The maximum absolute atomic E-state index is 12.3. The van der Waals surface area contributed by atoms with Crippen LogP contribution in [0.3, 0.4) is 0 Å². The molecule has 1 saturated carbocycles. The molecule has 1 aromatic carbocycles. The Hall–Kier alpha value is -1.31. The van der Waals surface area contributed by atoms with E-state index in [1.54, 1.807) is 0 Å². The average Bonchev–Trinajstić information content (AvgIpc) is 2.82. The van der Waals surface area contributed by atoms with Gasteiger partial charge in [-0.05, 0) is 48.6 Å². The molecule has 108 valence electrons. The van der Waals surface area contributed by atoms with Crippen LogP contribution in [-0.2, 0) is 11.2 Å². The molecule has 0 heterocycles. The predicted molar refractivity (Wildman–Crippen MR) is 81.7 cm³/mol. The lowest BCUT2D eigenvalue weighted by Crippen LogP contribution is -2.38. The highest BCUT2D eigenvalue weighted by Gasteiger charge is 2.26. The molecule has 1 N–H and O–H groups in total. The molecule has 0 aliphatic heterocycles. The van der Waals surface area contributed by atoms with E-state index in [0.717, 1.165) is 31.6 Å². The zero-order valence-corrected chi connectivity index (χ0v) is 12.4. The lowest BCUT2D eigenvalue weighted by atomic mass is 9.87. The molecule has 20 heavy (non-hydrogen) atoms. The minimum atomic E-state index is 0.255. The molecule has 2 aliphatic carbocycles. The summed E-state index contributed by atoms with van der Waals surface area (Å²) in [7, 11) is 0. The first kappa shape index (κ1) is 13.7. The number of aryl methyl sites for hydroxylation is 1. The van der Waals surface area contributed by atoms with Gasteiger partial charge in [-0.3, -0.25) is 4.79 Å². The van der Waals surface area contributed by atoms with Gasteiger partial charge >= 0.3 is 0 Å². The minimum absolute atomic E-state index is 0.255. The summed E-state index contributed by atoms with van der Waals surface area (Å²) in [4.78, 5) is 12.3. The first-order valence-corrected chi connectivity index (χ1v) is 8.09. The van der Waals surface area contributed by atoms with Crippen LogP contribution in [0.25, 0.3) is 0 Å². The van der Waals surface area contributed by atoms with Crippen LogP contribution in [0.2, 0.25) is 0 Å². The highest BCUT2D eigenvalue weighted by atomic mass is 16.1. The van der Waals surface area contributed by atoms with Crippen LogP contribution >= 0.6 is 0 Å². The maximum Gasteiger partial charge on any atom is 0.220 e. The van der Waals surface area contributed by atoms with Crippen LogP contribution in [0, 0.1) is 5.92 Å². The average molecular weight is 271 g/mol. The Kier molecular flexibility index (Phi) is 4.09. The number of amides is 1. The summed E-state index contributed by atoms with van der Waals surface area (Å²) in [5.41, 5.74) is 2.84. The molecule has 0 radical (unpaired) electrons. The Morgan fingerprint density at radius 3 is 2.95 bits per heavy atom. The molecule has 3 atom stereocenters. The van der Waals surface area contributed by atoms with E-state index < -0.39 is 0 Å². The van der Waals surface area contributed by atoms with Crippen molar-refractivity contribution in [3.05, 3.63) is 35.4 Å². The summed E-state index contributed by atoms with van der Waals surface area (Å²) in [5, 5.41) is 3.27. The molecule has 2 aliphatic rings. The Balaban J connectivity index is 1.55. The first-order valence-electron chi connectivity index (χ1n) is 8.09. The fraction of sp³-hybridized carbons (Fsp3) is 0.611. The number of fused-ring (bicyclic) bond motifs is 1. The van der Waals surface area contributed by atoms with Crippen molar-refractivity contribution in [2.24, 2.45) is 5.92 Å². The highest BCUT2D eigenvalue weighted by molar-refractivity contribution is 5.77. The van der Waals surface area contributed by atoms with E-state index in [-0.39, 0.29) is 5.91 Å². The van der Waals surface area contributed by atoms with Crippen molar-refractivity contribution in [3.63, 3.8) is 0 Å². The van der Waals surface area contributed by atoms with Gasteiger partial charge in [0.25, 0.3) is 0 Å². The zero-order valence-electron chi connectivity index (χ0n) is 12.4. The van der Waals surface area contributed by atoms with Gasteiger partial charge in [0.1, 0.15) is 0 Å². The van der Waals surface area contributed by atoms with Gasteiger partial charge in [-0.25, -0.2) is 0 Å². The van der Waals surface area contributed by atoms with Crippen molar-refractivity contribution in [1.29, 1.82) is 0 Å². The second kappa shape index (κ2) is 5.99. The van der Waals surface area contributed by atoms with Gasteiger partial charge in [-0.15, -0.1) is 0 Å². The third-order valence-electron chi connectivity index (χ3n) is 4.99. The zero-order chi connectivity index (χ0) is 13.9. The fourth-order valence-electron chi connectivity index (χ4n) is 3.93. The van der Waals surface area contributed by atoms with E-state index in [1.807, 2.05) is 0 Å². The molecular formula is C18H25NO. The number of hydrogen-bond donors (Lipinski definition) is 1. The summed E-state index contributed by atoms with van der Waals surface area (Å²) in [6, 6.07) is 9.02. The summed E-state index contributed by atoms with van der Waals surface area (Å²) < 4.78 is 0. The summed E-state index contributed by atoms with van der Waals surface area (Å²) in [6.07, 6.45) is 7.84. The summed E-state index contributed by atoms with van der Waals surface area (Å²) in [5.74, 6) is 1.46. The van der Waals surface area contributed by atoms with Crippen LogP contribution in [0.4, 0.5) is 0 Å². The van der Waals surface area contributed by atoms with Gasteiger partial charge in [-0.2, -0.15) is 0 Å². The van der Waals surface area contributed by atoms with E-state index in [2.05, 4.69) is 36.5 Å². The number of rotatable bonds is 3. The third-order valence-corrected chi connectivity index (χ3v) is 4.99. The predicted octanol–water partition coefficient (Wildman–Crippen LogP) is 3.80. The Morgan fingerprint density at radius 1 is 1.25 bits per heavy atom. The van der Waals surface area contributed by atoms with Crippen molar-refractivity contribution >= 4 is 5.91 Å². The Labute approximate surface area is 122 Å². The number of nitrogens with one attached hydrogen (secondary N) is 1. The van der Waals surface area contributed by atoms with Gasteiger partial charge in [0.15, 0.2) is 0 Å². The van der Waals surface area contributed by atoms with Gasteiger partial charge in [0, 0.05) is 12.5 Å². The molecule has 0 spiro atoms. The topological polar surface area (TPSA) is 29.1 Å². The molecule has 3 unspecified atom stereocenters. The quantitative estimate of drug-likeness (QED) is 0.890. The monoisotopic (exact) mass is 271 g/mol. The van der Waals surface area contributed by atoms with Crippen LogP contribution in [0.1, 0.15) is 62.5 Å². The standard InChI is InChI=1S/C18H25NO/c1-13-5-4-7-16(11-13)19-18(20)12-15-10-9-14-6-2-3-8-17(14)15/h2-3,6,8,13,15-16H,4-5,7,9-12H2,1H3,(H,19,20). The van der Waals surface area contributed by atoms with E-state index >= 15 is 0 Å². The second-order valence-corrected chi connectivity index (χ2v) is 6.67. The van der Waals surface area contributed by atoms with Gasteiger partial charge < -0.3 is 5.32 Å².